The van der Waals surface area contributed by atoms with Gasteiger partial charge in [0.1, 0.15) is 24.2 Å². The highest BCUT2D eigenvalue weighted by atomic mass is 32.1. The molecule has 0 aliphatic heterocycles. The monoisotopic (exact) mass is 425 g/mol. The number of rotatable bonds is 10. The molecule has 1 aromatic heterocycles. The standard InChI is InChI=1S/C23H23NO5S/c1-16-4-2-3-5-20(16)21(8-9-23(25)26)29-22-12-19(7-6-18(22)13-24-27)28-14-17-10-11-30-15-17/h2-7,10-13,15,21,27H,8-9,14H2,1H3,(H,25,26). The van der Waals surface area contributed by atoms with Gasteiger partial charge < -0.3 is 19.8 Å². The molecule has 6 nitrogen and oxygen atoms in total. The Bertz CT molecular complexity index is 1000. The van der Waals surface area contributed by atoms with Gasteiger partial charge in [0.05, 0.1) is 6.21 Å². The Balaban J connectivity index is 1.87. The zero-order chi connectivity index (χ0) is 21.3. The number of aryl methyl sites for hydroxylation is 1. The smallest absolute Gasteiger partial charge is 0.303 e. The van der Waals surface area contributed by atoms with Crippen molar-refractivity contribution in [3.63, 3.8) is 0 Å². The number of thiophene rings is 1. The van der Waals surface area contributed by atoms with Gasteiger partial charge in [-0.1, -0.05) is 29.4 Å². The molecule has 0 spiro atoms. The zero-order valence-electron chi connectivity index (χ0n) is 16.5. The van der Waals surface area contributed by atoms with E-state index in [2.05, 4.69) is 5.16 Å². The second kappa shape index (κ2) is 10.5. The maximum Gasteiger partial charge on any atom is 0.303 e. The fourth-order valence-corrected chi connectivity index (χ4v) is 3.70. The van der Waals surface area contributed by atoms with Crippen molar-refractivity contribution in [1.82, 2.24) is 0 Å². The van der Waals surface area contributed by atoms with Gasteiger partial charge in [-0.2, -0.15) is 11.3 Å². The summed E-state index contributed by atoms with van der Waals surface area (Å²) in [6, 6.07) is 15.0. The first-order chi connectivity index (χ1) is 14.6. The number of carboxylic acid groups (broad SMARTS) is 1. The van der Waals surface area contributed by atoms with Crippen molar-refractivity contribution < 1.29 is 24.6 Å². The molecule has 30 heavy (non-hydrogen) atoms. The maximum atomic E-state index is 11.2. The molecular formula is C23H23NO5S. The van der Waals surface area contributed by atoms with Crippen LogP contribution in [0, 0.1) is 6.92 Å². The Hall–Kier alpha value is -3.32. The average Bonchev–Trinajstić information content (AvgIpc) is 3.25. The lowest BCUT2D eigenvalue weighted by atomic mass is 9.99. The fraction of sp³-hybridized carbons (Fsp3) is 0.217. The van der Waals surface area contributed by atoms with Crippen LogP contribution in [0.15, 0.2) is 64.4 Å². The van der Waals surface area contributed by atoms with Crippen LogP contribution in [0.5, 0.6) is 11.5 Å². The lowest BCUT2D eigenvalue weighted by Crippen LogP contribution is -2.12. The molecule has 1 atom stereocenters. The van der Waals surface area contributed by atoms with E-state index < -0.39 is 12.1 Å². The Morgan fingerprint density at radius 2 is 2.07 bits per heavy atom. The minimum Gasteiger partial charge on any atom is -0.489 e. The van der Waals surface area contributed by atoms with Crippen molar-refractivity contribution in [1.29, 1.82) is 0 Å². The summed E-state index contributed by atoms with van der Waals surface area (Å²) in [5.41, 5.74) is 3.56. The minimum atomic E-state index is -0.887. The van der Waals surface area contributed by atoms with Crippen LogP contribution in [-0.2, 0) is 11.4 Å². The van der Waals surface area contributed by atoms with Gasteiger partial charge >= 0.3 is 5.97 Å². The van der Waals surface area contributed by atoms with Crippen molar-refractivity contribution in [3.8, 4) is 11.5 Å². The molecule has 0 aliphatic carbocycles. The van der Waals surface area contributed by atoms with E-state index in [0.29, 0.717) is 30.1 Å². The van der Waals surface area contributed by atoms with E-state index in [9.17, 15) is 4.79 Å². The number of ether oxygens (including phenoxy) is 2. The molecule has 1 heterocycles. The molecule has 0 saturated carbocycles. The molecule has 1 unspecified atom stereocenters. The zero-order valence-corrected chi connectivity index (χ0v) is 17.3. The quantitative estimate of drug-likeness (QED) is 0.257. The number of nitrogens with zero attached hydrogens (tertiary/aromatic N) is 1. The largest absolute Gasteiger partial charge is 0.489 e. The predicted molar refractivity (Wildman–Crippen MR) is 116 cm³/mol. The van der Waals surface area contributed by atoms with E-state index in [1.165, 1.54) is 6.21 Å². The summed E-state index contributed by atoms with van der Waals surface area (Å²) in [4.78, 5) is 11.2. The van der Waals surface area contributed by atoms with Gasteiger partial charge in [0, 0.05) is 18.1 Å². The molecule has 0 fully saturated rings. The van der Waals surface area contributed by atoms with Gasteiger partial charge in [0.2, 0.25) is 0 Å². The first-order valence-corrected chi connectivity index (χ1v) is 10.4. The molecule has 0 aliphatic rings. The Labute approximate surface area is 179 Å². The second-order valence-electron chi connectivity index (χ2n) is 6.76. The third-order valence-corrected chi connectivity index (χ3v) is 5.32. The Morgan fingerprint density at radius 3 is 2.77 bits per heavy atom. The van der Waals surface area contributed by atoms with Crippen molar-refractivity contribution in [2.45, 2.75) is 32.5 Å². The second-order valence-corrected chi connectivity index (χ2v) is 7.54. The Kier molecular flexibility index (Phi) is 7.45. The van der Waals surface area contributed by atoms with Crippen molar-refractivity contribution in [2.75, 3.05) is 0 Å². The van der Waals surface area contributed by atoms with Gasteiger partial charge in [-0.25, -0.2) is 0 Å². The third-order valence-electron chi connectivity index (χ3n) is 4.59. The summed E-state index contributed by atoms with van der Waals surface area (Å²) in [6.07, 6.45) is 1.08. The SMILES string of the molecule is Cc1ccccc1C(CCC(=O)O)Oc1cc(OCc2ccsc2)ccc1C=NO. The molecule has 2 N–H and O–H groups in total. The normalized spacial score (nSPS) is 12.0. The molecule has 0 bridgehead atoms. The van der Waals surface area contributed by atoms with Gasteiger partial charge in [-0.3, -0.25) is 4.79 Å². The van der Waals surface area contributed by atoms with E-state index in [1.54, 1.807) is 29.5 Å². The van der Waals surface area contributed by atoms with Crippen LogP contribution < -0.4 is 9.47 Å². The van der Waals surface area contributed by atoms with Crippen LogP contribution in [0.4, 0.5) is 0 Å². The number of aliphatic carboxylic acids is 1. The van der Waals surface area contributed by atoms with E-state index in [-0.39, 0.29) is 6.42 Å². The third kappa shape index (κ3) is 5.84. The van der Waals surface area contributed by atoms with Gasteiger partial charge in [0.25, 0.3) is 0 Å². The summed E-state index contributed by atoms with van der Waals surface area (Å²) in [6.45, 7) is 2.39. The van der Waals surface area contributed by atoms with Crippen LogP contribution in [0.1, 0.15) is 41.2 Å². The average molecular weight is 426 g/mol. The van der Waals surface area contributed by atoms with Crippen molar-refractivity contribution >= 4 is 23.5 Å². The summed E-state index contributed by atoms with van der Waals surface area (Å²) >= 11 is 1.60. The number of carbonyl (C=O) groups is 1. The van der Waals surface area contributed by atoms with E-state index >= 15 is 0 Å². The van der Waals surface area contributed by atoms with Crippen LogP contribution in [0.25, 0.3) is 0 Å². The number of hydrogen-bond acceptors (Lipinski definition) is 6. The molecule has 0 radical (unpaired) electrons. The van der Waals surface area contributed by atoms with Crippen molar-refractivity contribution in [3.05, 3.63) is 81.5 Å². The highest BCUT2D eigenvalue weighted by Gasteiger charge is 2.19. The lowest BCUT2D eigenvalue weighted by Gasteiger charge is -2.22. The van der Waals surface area contributed by atoms with Gasteiger partial charge in [-0.15, -0.1) is 0 Å². The fourth-order valence-electron chi connectivity index (χ4n) is 3.05. The first-order valence-electron chi connectivity index (χ1n) is 9.46. The van der Waals surface area contributed by atoms with Crippen LogP contribution >= 0.6 is 11.3 Å². The molecule has 0 amide bonds. The van der Waals surface area contributed by atoms with Crippen molar-refractivity contribution in [2.24, 2.45) is 5.16 Å². The molecule has 0 saturated heterocycles. The summed E-state index contributed by atoms with van der Waals surface area (Å²) < 4.78 is 12.1. The molecule has 7 heteroatoms. The Morgan fingerprint density at radius 1 is 1.23 bits per heavy atom. The minimum absolute atomic E-state index is 0.0310. The van der Waals surface area contributed by atoms with Crippen LogP contribution in [-0.4, -0.2) is 22.5 Å². The summed E-state index contributed by atoms with van der Waals surface area (Å²) in [5, 5.41) is 25.3. The van der Waals surface area contributed by atoms with E-state index in [4.69, 9.17) is 19.8 Å². The van der Waals surface area contributed by atoms with E-state index in [0.717, 1.165) is 16.7 Å². The molecular weight excluding hydrogens is 402 g/mol. The van der Waals surface area contributed by atoms with Gasteiger partial charge in [0.15, 0.2) is 0 Å². The maximum absolute atomic E-state index is 11.2. The molecule has 3 rings (SSSR count). The predicted octanol–water partition coefficient (Wildman–Crippen LogP) is 5.43. The molecule has 3 aromatic rings. The highest BCUT2D eigenvalue weighted by molar-refractivity contribution is 7.07. The molecule has 156 valence electrons. The number of oxime groups is 1. The number of carboxylic acids is 1. The van der Waals surface area contributed by atoms with Gasteiger partial charge in [-0.05, 0) is 59.0 Å². The first kappa shape index (κ1) is 21.4. The van der Waals surface area contributed by atoms with E-state index in [1.807, 2.05) is 48.0 Å². The lowest BCUT2D eigenvalue weighted by molar-refractivity contribution is -0.137. The number of hydrogen-bond donors (Lipinski definition) is 2. The topological polar surface area (TPSA) is 88.4 Å². The summed E-state index contributed by atoms with van der Waals surface area (Å²) in [7, 11) is 0. The highest BCUT2D eigenvalue weighted by Crippen LogP contribution is 2.32. The van der Waals surface area contributed by atoms with Crippen LogP contribution in [0.2, 0.25) is 0 Å². The molecule has 2 aromatic carbocycles. The van der Waals surface area contributed by atoms with Crippen LogP contribution in [0.3, 0.4) is 0 Å². The summed E-state index contributed by atoms with van der Waals surface area (Å²) in [5.74, 6) is 0.171. The number of benzene rings is 2.